The van der Waals surface area contributed by atoms with E-state index >= 15 is 0 Å². The van der Waals surface area contributed by atoms with Crippen molar-refractivity contribution in [1.82, 2.24) is 0 Å². The van der Waals surface area contributed by atoms with Gasteiger partial charge in [-0.1, -0.05) is 19.1 Å². The molecule has 0 saturated heterocycles. The Bertz CT molecular complexity index is 657. The van der Waals surface area contributed by atoms with E-state index in [0.29, 0.717) is 5.56 Å². The number of hydrogen-bond acceptors (Lipinski definition) is 4. The van der Waals surface area contributed by atoms with Crippen molar-refractivity contribution in [3.05, 3.63) is 35.6 Å². The molecule has 21 heavy (non-hydrogen) atoms. The summed E-state index contributed by atoms with van der Waals surface area (Å²) in [6.07, 6.45) is 0. The fourth-order valence-electron chi connectivity index (χ4n) is 3.01. The highest BCUT2D eigenvalue weighted by molar-refractivity contribution is 7.92. The molecule has 1 aliphatic rings. The Balaban J connectivity index is 2.54. The molecule has 0 heterocycles. The average Bonchev–Trinajstić information content (AvgIpc) is 3.10. The molecule has 116 valence electrons. The first-order valence-corrected chi connectivity index (χ1v) is 8.22. The third-order valence-electron chi connectivity index (χ3n) is 4.03. The first-order chi connectivity index (χ1) is 9.81. The largest absolute Gasteiger partial charge is 0.481 e. The van der Waals surface area contributed by atoms with Crippen LogP contribution in [-0.4, -0.2) is 44.2 Å². The zero-order chi connectivity index (χ0) is 15.8. The highest BCUT2D eigenvalue weighted by Crippen LogP contribution is 2.63. The van der Waals surface area contributed by atoms with Crippen molar-refractivity contribution in [2.24, 2.45) is 5.41 Å². The number of carboxylic acids is 1. The van der Waals surface area contributed by atoms with Crippen LogP contribution in [0.25, 0.3) is 0 Å². The standard InChI is InChI=1S/C14H17FO5S/c1-3-21(18,19)12-11(9-5-4-6-10(15)7-9)14(12,8-20-2)13(16)17/h4-7,11-12H,3,8H2,1-2H3,(H,16,17)/t11-,12-,14+/m0/s1. The lowest BCUT2D eigenvalue weighted by molar-refractivity contribution is -0.145. The third-order valence-corrected chi connectivity index (χ3v) is 6.31. The Morgan fingerprint density at radius 3 is 2.62 bits per heavy atom. The maximum atomic E-state index is 13.4. The summed E-state index contributed by atoms with van der Waals surface area (Å²) in [5, 5.41) is 8.44. The number of benzene rings is 1. The number of hydrogen-bond donors (Lipinski definition) is 1. The normalized spacial score (nSPS) is 28.3. The predicted molar refractivity (Wildman–Crippen MR) is 74.3 cm³/mol. The lowest BCUT2D eigenvalue weighted by Gasteiger charge is -2.11. The summed E-state index contributed by atoms with van der Waals surface area (Å²) in [5.41, 5.74) is -1.17. The van der Waals surface area contributed by atoms with E-state index in [-0.39, 0.29) is 12.4 Å². The van der Waals surface area contributed by atoms with Gasteiger partial charge in [0.2, 0.25) is 0 Å². The van der Waals surface area contributed by atoms with Crippen molar-refractivity contribution in [2.75, 3.05) is 19.5 Å². The molecule has 7 heteroatoms. The number of carboxylic acid groups (broad SMARTS) is 1. The summed E-state index contributed by atoms with van der Waals surface area (Å²) < 4.78 is 42.7. The Hall–Kier alpha value is -1.47. The molecule has 0 amide bonds. The van der Waals surface area contributed by atoms with E-state index in [1.807, 2.05) is 0 Å². The second-order valence-corrected chi connectivity index (χ2v) is 7.59. The molecule has 1 saturated carbocycles. The molecule has 1 aromatic carbocycles. The lowest BCUT2D eigenvalue weighted by atomic mass is 10.00. The molecule has 1 aliphatic carbocycles. The molecular formula is C14H17FO5S. The van der Waals surface area contributed by atoms with Crippen LogP contribution in [0, 0.1) is 11.2 Å². The van der Waals surface area contributed by atoms with Crippen LogP contribution in [0.3, 0.4) is 0 Å². The first kappa shape index (κ1) is 15.9. The molecular weight excluding hydrogens is 299 g/mol. The van der Waals surface area contributed by atoms with Crippen molar-refractivity contribution in [3.8, 4) is 0 Å². The number of aliphatic carboxylic acids is 1. The van der Waals surface area contributed by atoms with Gasteiger partial charge in [0.15, 0.2) is 9.84 Å². The number of ether oxygens (including phenoxy) is 1. The van der Waals surface area contributed by atoms with Crippen molar-refractivity contribution in [1.29, 1.82) is 0 Å². The van der Waals surface area contributed by atoms with Gasteiger partial charge in [-0.15, -0.1) is 0 Å². The third kappa shape index (κ3) is 2.44. The Morgan fingerprint density at radius 2 is 2.14 bits per heavy atom. The Kier molecular flexibility index (Phi) is 4.08. The quantitative estimate of drug-likeness (QED) is 0.859. The fourth-order valence-corrected chi connectivity index (χ4v) is 5.06. The second kappa shape index (κ2) is 5.38. The van der Waals surface area contributed by atoms with E-state index in [1.54, 1.807) is 6.07 Å². The van der Waals surface area contributed by atoms with Gasteiger partial charge in [-0.3, -0.25) is 4.79 Å². The molecule has 1 aromatic rings. The van der Waals surface area contributed by atoms with Crippen molar-refractivity contribution in [2.45, 2.75) is 18.1 Å². The second-order valence-electron chi connectivity index (χ2n) is 5.18. The van der Waals surface area contributed by atoms with E-state index in [0.717, 1.165) is 0 Å². The van der Waals surface area contributed by atoms with Gasteiger partial charge >= 0.3 is 5.97 Å². The Labute approximate surface area is 122 Å². The average molecular weight is 316 g/mol. The van der Waals surface area contributed by atoms with Crippen molar-refractivity contribution in [3.63, 3.8) is 0 Å². The van der Waals surface area contributed by atoms with Crippen LogP contribution >= 0.6 is 0 Å². The number of methoxy groups -OCH3 is 1. The molecule has 0 radical (unpaired) electrons. The molecule has 1 fully saturated rings. The number of sulfone groups is 1. The molecule has 0 spiro atoms. The minimum atomic E-state index is -3.59. The van der Waals surface area contributed by atoms with Gasteiger partial charge in [-0.2, -0.15) is 0 Å². The van der Waals surface area contributed by atoms with Crippen LogP contribution in [0.2, 0.25) is 0 Å². The summed E-state index contributed by atoms with van der Waals surface area (Å²) in [5.74, 6) is -2.72. The zero-order valence-electron chi connectivity index (χ0n) is 11.7. The van der Waals surface area contributed by atoms with Gasteiger partial charge in [0, 0.05) is 18.8 Å². The first-order valence-electron chi connectivity index (χ1n) is 6.50. The summed E-state index contributed by atoms with van der Waals surface area (Å²) in [4.78, 5) is 11.7. The van der Waals surface area contributed by atoms with E-state index in [2.05, 4.69) is 0 Å². The number of rotatable bonds is 6. The Morgan fingerprint density at radius 1 is 1.48 bits per heavy atom. The van der Waals surface area contributed by atoms with Crippen LogP contribution < -0.4 is 0 Å². The van der Waals surface area contributed by atoms with E-state index in [9.17, 15) is 22.7 Å². The molecule has 0 unspecified atom stereocenters. The van der Waals surface area contributed by atoms with Gasteiger partial charge in [0.25, 0.3) is 0 Å². The van der Waals surface area contributed by atoms with E-state index < -0.39 is 38.2 Å². The van der Waals surface area contributed by atoms with Crippen molar-refractivity contribution < 1.29 is 27.4 Å². The lowest BCUT2D eigenvalue weighted by Crippen LogP contribution is -2.29. The SMILES string of the molecule is CCS(=O)(=O)[C@H]1[C@H](c2cccc(F)c2)[C@@]1(COC)C(=O)O. The maximum Gasteiger partial charge on any atom is 0.314 e. The van der Waals surface area contributed by atoms with E-state index in [4.69, 9.17) is 4.74 Å². The van der Waals surface area contributed by atoms with Crippen LogP contribution in [0.4, 0.5) is 4.39 Å². The highest BCUT2D eigenvalue weighted by atomic mass is 32.2. The fraction of sp³-hybridized carbons (Fsp3) is 0.500. The predicted octanol–water partition coefficient (Wildman–Crippen LogP) is 1.44. The molecule has 0 aliphatic heterocycles. The van der Waals surface area contributed by atoms with E-state index in [1.165, 1.54) is 32.2 Å². The van der Waals surface area contributed by atoms with Crippen LogP contribution in [0.15, 0.2) is 24.3 Å². The minimum Gasteiger partial charge on any atom is -0.481 e. The van der Waals surface area contributed by atoms with Crippen LogP contribution in [0.1, 0.15) is 18.4 Å². The maximum absolute atomic E-state index is 13.4. The van der Waals surface area contributed by atoms with Gasteiger partial charge in [-0.25, -0.2) is 12.8 Å². The van der Waals surface area contributed by atoms with Crippen molar-refractivity contribution >= 4 is 15.8 Å². The van der Waals surface area contributed by atoms with Gasteiger partial charge in [0.05, 0.1) is 11.9 Å². The summed E-state index contributed by atoms with van der Waals surface area (Å²) in [6, 6.07) is 5.40. The van der Waals surface area contributed by atoms with Crippen LogP contribution in [-0.2, 0) is 19.4 Å². The van der Waals surface area contributed by atoms with Crippen LogP contribution in [0.5, 0.6) is 0 Å². The molecule has 1 N–H and O–H groups in total. The molecule has 0 bridgehead atoms. The van der Waals surface area contributed by atoms with Gasteiger partial charge in [-0.05, 0) is 17.7 Å². The summed E-state index contributed by atoms with van der Waals surface area (Å²) in [6.45, 7) is 1.24. The topological polar surface area (TPSA) is 80.7 Å². The zero-order valence-corrected chi connectivity index (χ0v) is 12.6. The number of halogens is 1. The minimum absolute atomic E-state index is 0.164. The smallest absolute Gasteiger partial charge is 0.314 e. The summed E-state index contributed by atoms with van der Waals surface area (Å²) >= 11 is 0. The monoisotopic (exact) mass is 316 g/mol. The molecule has 3 atom stereocenters. The molecule has 2 rings (SSSR count). The summed E-state index contributed by atoms with van der Waals surface area (Å²) in [7, 11) is -2.27. The van der Waals surface area contributed by atoms with Gasteiger partial charge < -0.3 is 9.84 Å². The molecule has 0 aromatic heterocycles. The van der Waals surface area contributed by atoms with Gasteiger partial charge in [0.1, 0.15) is 11.2 Å². The molecule has 5 nitrogen and oxygen atoms in total. The highest BCUT2D eigenvalue weighted by Gasteiger charge is 2.75. The number of carbonyl (C=O) groups is 1.